The van der Waals surface area contributed by atoms with Crippen LogP contribution in [0, 0.1) is 11.2 Å². The van der Waals surface area contributed by atoms with Gasteiger partial charge in [0.25, 0.3) is 11.7 Å². The van der Waals surface area contributed by atoms with Crippen molar-refractivity contribution >= 4 is 34.8 Å². The maximum Gasteiger partial charge on any atom is 0.299 e. The van der Waals surface area contributed by atoms with Crippen LogP contribution in [0.4, 0.5) is 10.1 Å². The Bertz CT molecular complexity index is 634. The van der Waals surface area contributed by atoms with Crippen LogP contribution < -0.4 is 4.90 Å². The molecule has 1 aliphatic heterocycles. The topological polar surface area (TPSA) is 54.5 Å². The largest absolute Gasteiger partial charge is 0.299 e. The van der Waals surface area contributed by atoms with E-state index < -0.39 is 22.9 Å². The molecule has 1 heterocycles. The van der Waals surface area contributed by atoms with Crippen LogP contribution in [-0.4, -0.2) is 24.0 Å². The molecule has 0 saturated heterocycles. The van der Waals surface area contributed by atoms with Crippen molar-refractivity contribution in [2.75, 3.05) is 11.4 Å². The molecule has 0 saturated carbocycles. The quantitative estimate of drug-likeness (QED) is 0.789. The van der Waals surface area contributed by atoms with Crippen LogP contribution in [0.1, 0.15) is 31.1 Å². The molecule has 0 N–H and O–H groups in total. The summed E-state index contributed by atoms with van der Waals surface area (Å²) in [5, 5.41) is -0.228. The zero-order valence-corrected chi connectivity index (χ0v) is 12.0. The van der Waals surface area contributed by atoms with Gasteiger partial charge in [-0.05, 0) is 12.1 Å². The van der Waals surface area contributed by atoms with E-state index in [0.29, 0.717) is 0 Å². The molecule has 1 aliphatic rings. The second-order valence-electron chi connectivity index (χ2n) is 5.68. The van der Waals surface area contributed by atoms with Gasteiger partial charge in [-0.3, -0.25) is 19.3 Å². The average molecular weight is 298 g/mol. The zero-order valence-electron chi connectivity index (χ0n) is 11.3. The van der Waals surface area contributed by atoms with Gasteiger partial charge in [-0.15, -0.1) is 0 Å². The number of anilines is 1. The van der Waals surface area contributed by atoms with Crippen LogP contribution in [0.25, 0.3) is 0 Å². The summed E-state index contributed by atoms with van der Waals surface area (Å²) in [6.07, 6.45) is 0. The molecular formula is C14H13ClFNO3. The number of amides is 1. The molecule has 1 aromatic rings. The van der Waals surface area contributed by atoms with Crippen LogP contribution in [-0.2, 0) is 9.59 Å². The van der Waals surface area contributed by atoms with Crippen LogP contribution >= 0.6 is 11.6 Å². The van der Waals surface area contributed by atoms with Crippen molar-refractivity contribution in [1.29, 1.82) is 0 Å². The van der Waals surface area contributed by atoms with Crippen molar-refractivity contribution in [1.82, 2.24) is 0 Å². The van der Waals surface area contributed by atoms with Gasteiger partial charge >= 0.3 is 0 Å². The van der Waals surface area contributed by atoms with Gasteiger partial charge in [-0.1, -0.05) is 32.4 Å². The van der Waals surface area contributed by atoms with E-state index in [-0.39, 0.29) is 28.6 Å². The van der Waals surface area contributed by atoms with Gasteiger partial charge in [0.1, 0.15) is 5.82 Å². The van der Waals surface area contributed by atoms with Gasteiger partial charge in [0, 0.05) is 5.41 Å². The second kappa shape index (κ2) is 4.66. The highest BCUT2D eigenvalue weighted by Gasteiger charge is 2.39. The van der Waals surface area contributed by atoms with Crippen molar-refractivity contribution < 1.29 is 18.8 Å². The van der Waals surface area contributed by atoms with E-state index >= 15 is 0 Å². The number of hydrogen-bond donors (Lipinski definition) is 0. The highest BCUT2D eigenvalue weighted by atomic mass is 35.5. The third-order valence-electron chi connectivity index (χ3n) is 3.15. The molecule has 0 atom stereocenters. The minimum Gasteiger partial charge on any atom is -0.297 e. The first-order chi connectivity index (χ1) is 9.12. The highest BCUT2D eigenvalue weighted by molar-refractivity contribution is 6.53. The lowest BCUT2D eigenvalue weighted by molar-refractivity contribution is -0.126. The average Bonchev–Trinajstić information content (AvgIpc) is 2.55. The molecule has 0 aliphatic carbocycles. The molecule has 2 rings (SSSR count). The maximum atomic E-state index is 13.5. The fourth-order valence-electron chi connectivity index (χ4n) is 1.83. The molecule has 0 fully saturated rings. The molecule has 0 aromatic heterocycles. The zero-order chi connectivity index (χ0) is 15.2. The van der Waals surface area contributed by atoms with E-state index in [1.807, 2.05) is 0 Å². The van der Waals surface area contributed by atoms with E-state index in [4.69, 9.17) is 11.6 Å². The predicted octanol–water partition coefficient (Wildman–Crippen LogP) is 2.62. The summed E-state index contributed by atoms with van der Waals surface area (Å²) in [4.78, 5) is 36.7. The SMILES string of the molecule is CC(C)(C)C(=O)CN1C(=O)C(=O)c2cc(Cl)c(F)cc21. The third-order valence-corrected chi connectivity index (χ3v) is 3.44. The lowest BCUT2D eigenvalue weighted by Crippen LogP contribution is -2.39. The molecule has 20 heavy (non-hydrogen) atoms. The molecule has 1 aromatic carbocycles. The van der Waals surface area contributed by atoms with E-state index in [1.54, 1.807) is 20.8 Å². The van der Waals surface area contributed by atoms with Crippen molar-refractivity contribution in [2.45, 2.75) is 20.8 Å². The fraction of sp³-hybridized carbons (Fsp3) is 0.357. The second-order valence-corrected chi connectivity index (χ2v) is 6.08. The molecular weight excluding hydrogens is 285 g/mol. The molecule has 106 valence electrons. The van der Waals surface area contributed by atoms with Gasteiger partial charge in [-0.25, -0.2) is 4.39 Å². The summed E-state index contributed by atoms with van der Waals surface area (Å²) in [6, 6.07) is 2.13. The molecule has 6 heteroatoms. The Morgan fingerprint density at radius 1 is 1.30 bits per heavy atom. The monoisotopic (exact) mass is 297 g/mol. The lowest BCUT2D eigenvalue weighted by Gasteiger charge is -2.22. The molecule has 0 radical (unpaired) electrons. The minimum absolute atomic E-state index is 0.0307. The van der Waals surface area contributed by atoms with Crippen LogP contribution in [0.2, 0.25) is 5.02 Å². The van der Waals surface area contributed by atoms with Gasteiger partial charge in [0.2, 0.25) is 0 Å². The Hall–Kier alpha value is -1.75. The predicted molar refractivity (Wildman–Crippen MR) is 72.6 cm³/mol. The minimum atomic E-state index is -0.834. The molecule has 0 unspecified atom stereocenters. The van der Waals surface area contributed by atoms with Crippen molar-refractivity contribution in [2.24, 2.45) is 5.41 Å². The first kappa shape index (κ1) is 14.7. The van der Waals surface area contributed by atoms with Gasteiger partial charge in [-0.2, -0.15) is 0 Å². The maximum absolute atomic E-state index is 13.5. The van der Waals surface area contributed by atoms with E-state index in [0.717, 1.165) is 17.0 Å². The Morgan fingerprint density at radius 3 is 2.45 bits per heavy atom. The number of carbonyl (C=O) groups is 3. The first-order valence-corrected chi connectivity index (χ1v) is 6.39. The number of benzene rings is 1. The molecule has 0 bridgehead atoms. The van der Waals surface area contributed by atoms with Crippen molar-refractivity contribution in [3.05, 3.63) is 28.5 Å². The van der Waals surface area contributed by atoms with Crippen molar-refractivity contribution in [3.63, 3.8) is 0 Å². The summed E-state index contributed by atoms with van der Waals surface area (Å²) in [6.45, 7) is 4.87. The standard InChI is InChI=1S/C14H13ClFNO3/c1-14(2,3)11(18)6-17-10-5-9(16)8(15)4-7(10)12(19)13(17)20/h4-5H,6H2,1-3H3. The van der Waals surface area contributed by atoms with E-state index in [1.165, 1.54) is 0 Å². The fourth-order valence-corrected chi connectivity index (χ4v) is 1.99. The highest BCUT2D eigenvalue weighted by Crippen LogP contribution is 2.33. The number of Topliss-reactive ketones (excluding diaryl/α,β-unsaturated/α-hetero) is 2. The van der Waals surface area contributed by atoms with E-state index in [2.05, 4.69) is 0 Å². The number of carbonyl (C=O) groups excluding carboxylic acids is 3. The number of hydrogen-bond acceptors (Lipinski definition) is 3. The summed E-state index contributed by atoms with van der Waals surface area (Å²) in [5.74, 6) is -2.56. The Kier molecular flexibility index (Phi) is 3.42. The number of fused-ring (bicyclic) bond motifs is 1. The summed E-state index contributed by atoms with van der Waals surface area (Å²) < 4.78 is 13.5. The van der Waals surface area contributed by atoms with Crippen LogP contribution in [0.3, 0.4) is 0 Å². The molecule has 0 spiro atoms. The lowest BCUT2D eigenvalue weighted by atomic mass is 9.90. The Balaban J connectivity index is 2.43. The Labute approximate surface area is 120 Å². The van der Waals surface area contributed by atoms with Gasteiger partial charge < -0.3 is 0 Å². The van der Waals surface area contributed by atoms with Crippen molar-refractivity contribution in [3.8, 4) is 0 Å². The number of nitrogens with zero attached hydrogens (tertiary/aromatic N) is 1. The molecule has 1 amide bonds. The number of halogens is 2. The number of rotatable bonds is 2. The summed E-state index contributed by atoms with van der Waals surface area (Å²) >= 11 is 5.61. The van der Waals surface area contributed by atoms with Crippen LogP contribution in [0.5, 0.6) is 0 Å². The summed E-state index contributed by atoms with van der Waals surface area (Å²) in [7, 11) is 0. The van der Waals surface area contributed by atoms with Crippen LogP contribution in [0.15, 0.2) is 12.1 Å². The number of ketones is 2. The normalized spacial score (nSPS) is 14.8. The third kappa shape index (κ3) is 2.33. The van der Waals surface area contributed by atoms with Gasteiger partial charge in [0.15, 0.2) is 5.78 Å². The summed E-state index contributed by atoms with van der Waals surface area (Å²) in [5.41, 5.74) is -0.528. The first-order valence-electron chi connectivity index (χ1n) is 6.01. The molecule has 4 nitrogen and oxygen atoms in total. The van der Waals surface area contributed by atoms with Gasteiger partial charge in [0.05, 0.1) is 22.8 Å². The Morgan fingerprint density at radius 2 is 1.90 bits per heavy atom. The smallest absolute Gasteiger partial charge is 0.297 e. The van der Waals surface area contributed by atoms with E-state index in [9.17, 15) is 18.8 Å².